The molecule has 0 saturated heterocycles. The van der Waals surface area contributed by atoms with Gasteiger partial charge in [-0.25, -0.2) is 0 Å². The van der Waals surface area contributed by atoms with Gasteiger partial charge in [-0.1, -0.05) is 12.1 Å². The number of hydrogen-bond donors (Lipinski definition) is 2. The maximum Gasteiger partial charge on any atom is 0.307 e. The molecule has 108 valence electrons. The first-order chi connectivity index (χ1) is 10.0. The average Bonchev–Trinajstić information content (AvgIpc) is 2.82. The summed E-state index contributed by atoms with van der Waals surface area (Å²) in [5.74, 6) is -1.19. The van der Waals surface area contributed by atoms with Crippen molar-refractivity contribution in [1.82, 2.24) is 9.78 Å². The smallest absolute Gasteiger partial charge is 0.307 e. The Morgan fingerprint density at radius 1 is 1.43 bits per heavy atom. The zero-order chi connectivity index (χ0) is 15.2. The number of aliphatic carboxylic acids is 1. The molecule has 6 nitrogen and oxygen atoms in total. The van der Waals surface area contributed by atoms with Crippen LogP contribution in [0.25, 0.3) is 6.08 Å². The zero-order valence-corrected chi connectivity index (χ0v) is 11.5. The lowest BCUT2D eigenvalue weighted by Gasteiger charge is -2.04. The normalized spacial score (nSPS) is 10.7. The molecule has 0 bridgehead atoms. The number of carboxylic acids is 1. The van der Waals surface area contributed by atoms with Crippen molar-refractivity contribution in [3.8, 4) is 0 Å². The van der Waals surface area contributed by atoms with Crippen LogP contribution >= 0.6 is 0 Å². The van der Waals surface area contributed by atoms with Crippen LogP contribution in [0.1, 0.15) is 11.1 Å². The molecule has 0 spiro atoms. The summed E-state index contributed by atoms with van der Waals surface area (Å²) >= 11 is 0. The molecule has 0 atom stereocenters. The third kappa shape index (κ3) is 4.61. The number of amides is 1. The van der Waals surface area contributed by atoms with Gasteiger partial charge in [-0.05, 0) is 23.8 Å². The summed E-state index contributed by atoms with van der Waals surface area (Å²) in [7, 11) is 1.80. The van der Waals surface area contributed by atoms with Gasteiger partial charge in [-0.2, -0.15) is 5.10 Å². The van der Waals surface area contributed by atoms with Crippen LogP contribution in [-0.4, -0.2) is 26.8 Å². The van der Waals surface area contributed by atoms with Crippen LogP contribution in [0.5, 0.6) is 0 Å². The largest absolute Gasteiger partial charge is 0.481 e. The molecule has 6 heteroatoms. The molecular weight excluding hydrogens is 270 g/mol. The summed E-state index contributed by atoms with van der Waals surface area (Å²) in [5.41, 5.74) is 2.03. The van der Waals surface area contributed by atoms with E-state index in [2.05, 4.69) is 10.4 Å². The topological polar surface area (TPSA) is 84.2 Å². The van der Waals surface area contributed by atoms with Crippen molar-refractivity contribution in [2.75, 3.05) is 5.32 Å². The second-order valence-corrected chi connectivity index (χ2v) is 4.54. The fourth-order valence-corrected chi connectivity index (χ4v) is 1.82. The van der Waals surface area contributed by atoms with Gasteiger partial charge in [0.1, 0.15) is 0 Å². The molecular formula is C15H15N3O3. The minimum atomic E-state index is -0.907. The van der Waals surface area contributed by atoms with E-state index in [-0.39, 0.29) is 12.3 Å². The van der Waals surface area contributed by atoms with Gasteiger partial charge in [0.05, 0.1) is 12.6 Å². The molecule has 0 fully saturated rings. The maximum absolute atomic E-state index is 11.8. The van der Waals surface area contributed by atoms with Crippen LogP contribution < -0.4 is 5.32 Å². The van der Waals surface area contributed by atoms with E-state index in [4.69, 9.17) is 5.11 Å². The van der Waals surface area contributed by atoms with Crippen molar-refractivity contribution in [2.24, 2.45) is 7.05 Å². The standard InChI is InChI=1S/C15H15N3O3/c1-18-10-12(9-16-18)5-6-14(19)17-13-4-2-3-11(7-13)8-15(20)21/h2-7,9-10H,8H2,1H3,(H,17,19)(H,20,21)/b6-5-. The summed E-state index contributed by atoms with van der Waals surface area (Å²) in [6, 6.07) is 6.76. The molecule has 1 aromatic carbocycles. The lowest BCUT2D eigenvalue weighted by Crippen LogP contribution is -2.08. The molecule has 1 heterocycles. The number of carbonyl (C=O) groups excluding carboxylic acids is 1. The fraction of sp³-hybridized carbons (Fsp3) is 0.133. The van der Waals surface area contributed by atoms with Crippen molar-refractivity contribution in [3.05, 3.63) is 53.9 Å². The summed E-state index contributed by atoms with van der Waals surface area (Å²) in [5, 5.41) is 15.4. The second kappa shape index (κ2) is 6.51. The number of hydrogen-bond acceptors (Lipinski definition) is 3. The van der Waals surface area contributed by atoms with Crippen molar-refractivity contribution in [2.45, 2.75) is 6.42 Å². The highest BCUT2D eigenvalue weighted by Gasteiger charge is 2.03. The van der Waals surface area contributed by atoms with E-state index in [9.17, 15) is 9.59 Å². The number of nitrogens with one attached hydrogen (secondary N) is 1. The van der Waals surface area contributed by atoms with Crippen LogP contribution in [-0.2, 0) is 23.1 Å². The summed E-state index contributed by atoms with van der Waals surface area (Å²) in [4.78, 5) is 22.4. The van der Waals surface area contributed by atoms with Crippen molar-refractivity contribution in [3.63, 3.8) is 0 Å². The minimum absolute atomic E-state index is 0.0742. The first-order valence-corrected chi connectivity index (χ1v) is 6.31. The number of carbonyl (C=O) groups is 2. The zero-order valence-electron chi connectivity index (χ0n) is 11.5. The van der Waals surface area contributed by atoms with Gasteiger partial charge in [0.2, 0.25) is 5.91 Å². The van der Waals surface area contributed by atoms with Crippen LogP contribution in [0.3, 0.4) is 0 Å². The molecule has 1 amide bonds. The van der Waals surface area contributed by atoms with Gasteiger partial charge in [0.25, 0.3) is 0 Å². The van der Waals surface area contributed by atoms with E-state index in [1.54, 1.807) is 54.5 Å². The van der Waals surface area contributed by atoms with Gasteiger partial charge in [0.15, 0.2) is 0 Å². The number of aryl methyl sites for hydroxylation is 1. The quantitative estimate of drug-likeness (QED) is 0.819. The highest BCUT2D eigenvalue weighted by Crippen LogP contribution is 2.11. The predicted molar refractivity (Wildman–Crippen MR) is 78.7 cm³/mol. The molecule has 0 aliphatic carbocycles. The van der Waals surface area contributed by atoms with Gasteiger partial charge < -0.3 is 10.4 Å². The Morgan fingerprint density at radius 3 is 2.90 bits per heavy atom. The van der Waals surface area contributed by atoms with Crippen LogP contribution in [0, 0.1) is 0 Å². The Labute approximate surface area is 121 Å². The average molecular weight is 285 g/mol. The summed E-state index contributed by atoms with van der Waals surface area (Å²) < 4.78 is 1.65. The predicted octanol–water partition coefficient (Wildman–Crippen LogP) is 1.70. The first-order valence-electron chi connectivity index (χ1n) is 6.31. The third-order valence-electron chi connectivity index (χ3n) is 2.70. The van der Waals surface area contributed by atoms with E-state index in [1.807, 2.05) is 0 Å². The van der Waals surface area contributed by atoms with Crippen molar-refractivity contribution >= 4 is 23.6 Å². The van der Waals surface area contributed by atoms with E-state index in [1.165, 1.54) is 6.08 Å². The summed E-state index contributed by atoms with van der Waals surface area (Å²) in [6.07, 6.45) is 6.42. The Morgan fingerprint density at radius 2 is 2.24 bits per heavy atom. The number of rotatable bonds is 5. The number of carboxylic acid groups (broad SMARTS) is 1. The monoisotopic (exact) mass is 285 g/mol. The van der Waals surface area contributed by atoms with Crippen LogP contribution in [0.4, 0.5) is 5.69 Å². The number of nitrogens with zero attached hydrogens (tertiary/aromatic N) is 2. The Kier molecular flexibility index (Phi) is 4.50. The molecule has 0 aliphatic heterocycles. The lowest BCUT2D eigenvalue weighted by molar-refractivity contribution is -0.136. The van der Waals surface area contributed by atoms with E-state index < -0.39 is 5.97 Å². The Balaban J connectivity index is 1.99. The van der Waals surface area contributed by atoms with E-state index in [0.29, 0.717) is 11.3 Å². The van der Waals surface area contributed by atoms with Crippen molar-refractivity contribution < 1.29 is 14.7 Å². The SMILES string of the molecule is Cn1cc(/C=C\C(=O)Nc2cccc(CC(=O)O)c2)cn1. The number of benzene rings is 1. The van der Waals surface area contributed by atoms with Gasteiger partial charge in [0, 0.05) is 30.6 Å². The molecule has 0 aliphatic rings. The lowest BCUT2D eigenvalue weighted by atomic mass is 10.1. The number of aromatic nitrogens is 2. The Bertz CT molecular complexity index is 689. The fourth-order valence-electron chi connectivity index (χ4n) is 1.82. The maximum atomic E-state index is 11.8. The van der Waals surface area contributed by atoms with Gasteiger partial charge in [-0.15, -0.1) is 0 Å². The first kappa shape index (κ1) is 14.5. The molecule has 2 N–H and O–H groups in total. The van der Waals surface area contributed by atoms with E-state index in [0.717, 1.165) is 5.56 Å². The highest BCUT2D eigenvalue weighted by molar-refractivity contribution is 6.01. The number of anilines is 1. The molecule has 1 aromatic heterocycles. The summed E-state index contributed by atoms with van der Waals surface area (Å²) in [6.45, 7) is 0. The van der Waals surface area contributed by atoms with Crippen LogP contribution in [0.2, 0.25) is 0 Å². The van der Waals surface area contributed by atoms with Crippen LogP contribution in [0.15, 0.2) is 42.7 Å². The van der Waals surface area contributed by atoms with Gasteiger partial charge >= 0.3 is 5.97 Å². The molecule has 21 heavy (non-hydrogen) atoms. The van der Waals surface area contributed by atoms with E-state index >= 15 is 0 Å². The van der Waals surface area contributed by atoms with Crippen molar-refractivity contribution in [1.29, 1.82) is 0 Å². The highest BCUT2D eigenvalue weighted by atomic mass is 16.4. The minimum Gasteiger partial charge on any atom is -0.481 e. The molecule has 2 rings (SSSR count). The Hall–Kier alpha value is -2.89. The third-order valence-corrected chi connectivity index (χ3v) is 2.70. The molecule has 2 aromatic rings. The van der Waals surface area contributed by atoms with Gasteiger partial charge in [-0.3, -0.25) is 14.3 Å². The molecule has 0 radical (unpaired) electrons. The molecule has 0 unspecified atom stereocenters. The second-order valence-electron chi connectivity index (χ2n) is 4.54. The molecule has 0 saturated carbocycles.